The van der Waals surface area contributed by atoms with E-state index in [0.29, 0.717) is 23.7 Å². The topological polar surface area (TPSA) is 79.6 Å². The summed E-state index contributed by atoms with van der Waals surface area (Å²) in [6.45, 7) is 6.54. The van der Waals surface area contributed by atoms with Gasteiger partial charge in [-0.05, 0) is 32.4 Å². The fourth-order valence-corrected chi connectivity index (χ4v) is 3.56. The van der Waals surface area contributed by atoms with Gasteiger partial charge in [0, 0.05) is 19.3 Å². The first-order chi connectivity index (χ1) is 13.4. The van der Waals surface area contributed by atoms with Gasteiger partial charge in [0.2, 0.25) is 5.95 Å². The lowest BCUT2D eigenvalue weighted by molar-refractivity contribution is 0.649. The minimum atomic E-state index is -0.387. The molecule has 0 N–H and O–H groups in total. The number of rotatable bonds is 4. The molecule has 3 heterocycles. The van der Waals surface area contributed by atoms with Crippen LogP contribution >= 0.6 is 0 Å². The van der Waals surface area contributed by atoms with E-state index in [9.17, 15) is 9.59 Å². The van der Waals surface area contributed by atoms with Crippen molar-refractivity contribution < 1.29 is 0 Å². The van der Waals surface area contributed by atoms with Crippen molar-refractivity contribution >= 4 is 11.2 Å². The summed E-state index contributed by atoms with van der Waals surface area (Å²) in [6.07, 6.45) is 0. The number of imidazole rings is 1. The fourth-order valence-electron chi connectivity index (χ4n) is 3.56. The summed E-state index contributed by atoms with van der Waals surface area (Å²) >= 11 is 0. The Kier molecular flexibility index (Phi) is 4.26. The molecular formula is C20H22N6O2. The van der Waals surface area contributed by atoms with Crippen molar-refractivity contribution in [2.75, 3.05) is 0 Å². The second-order valence-electron chi connectivity index (χ2n) is 6.89. The van der Waals surface area contributed by atoms with E-state index in [-0.39, 0.29) is 17.8 Å². The van der Waals surface area contributed by atoms with E-state index in [4.69, 9.17) is 0 Å². The quantitative estimate of drug-likeness (QED) is 0.542. The highest BCUT2D eigenvalue weighted by atomic mass is 16.2. The van der Waals surface area contributed by atoms with Crippen molar-refractivity contribution in [3.05, 3.63) is 74.2 Å². The molecule has 144 valence electrons. The van der Waals surface area contributed by atoms with Crippen molar-refractivity contribution in [3.8, 4) is 5.95 Å². The predicted molar refractivity (Wildman–Crippen MR) is 107 cm³/mol. The Bertz CT molecular complexity index is 1290. The van der Waals surface area contributed by atoms with Gasteiger partial charge in [0.15, 0.2) is 11.2 Å². The molecule has 0 saturated carbocycles. The molecule has 0 spiro atoms. The lowest BCUT2D eigenvalue weighted by Crippen LogP contribution is -2.39. The van der Waals surface area contributed by atoms with Crippen LogP contribution in [0.2, 0.25) is 0 Å². The van der Waals surface area contributed by atoms with Crippen LogP contribution < -0.4 is 11.2 Å². The zero-order valence-corrected chi connectivity index (χ0v) is 16.4. The zero-order chi connectivity index (χ0) is 20.0. The molecule has 0 aliphatic rings. The van der Waals surface area contributed by atoms with E-state index < -0.39 is 0 Å². The van der Waals surface area contributed by atoms with Gasteiger partial charge in [-0.2, -0.15) is 10.1 Å². The van der Waals surface area contributed by atoms with Gasteiger partial charge in [0.1, 0.15) is 0 Å². The Morgan fingerprint density at radius 3 is 2.36 bits per heavy atom. The van der Waals surface area contributed by atoms with Gasteiger partial charge in [-0.15, -0.1) is 0 Å². The lowest BCUT2D eigenvalue weighted by atomic mass is 10.2. The van der Waals surface area contributed by atoms with Gasteiger partial charge in [0.25, 0.3) is 5.56 Å². The highest BCUT2D eigenvalue weighted by molar-refractivity contribution is 5.72. The zero-order valence-electron chi connectivity index (χ0n) is 16.4. The number of hydrogen-bond acceptors (Lipinski definition) is 4. The summed E-state index contributed by atoms with van der Waals surface area (Å²) < 4.78 is 6.22. The van der Waals surface area contributed by atoms with Crippen LogP contribution in [-0.2, 0) is 20.1 Å². The molecule has 0 radical (unpaired) electrons. The largest absolute Gasteiger partial charge is 0.332 e. The Morgan fingerprint density at radius 2 is 1.75 bits per heavy atom. The molecule has 0 unspecified atom stereocenters. The van der Waals surface area contributed by atoms with Crippen molar-refractivity contribution in [1.82, 2.24) is 28.5 Å². The van der Waals surface area contributed by atoms with Gasteiger partial charge in [-0.1, -0.05) is 30.3 Å². The SMILES string of the molecule is CCn1c(-n2nc(C)cc2C)nc2c1c(=O)n(Cc1ccccc1)c(=O)n2C. The molecule has 0 atom stereocenters. The van der Waals surface area contributed by atoms with Crippen LogP contribution in [0.3, 0.4) is 0 Å². The maximum absolute atomic E-state index is 13.3. The standard InChI is InChI=1S/C20H22N6O2/c1-5-24-16-17(21-19(24)26-14(3)11-13(2)22-26)23(4)20(28)25(18(16)27)12-15-9-7-6-8-10-15/h6-11H,5,12H2,1-4H3. The second-order valence-corrected chi connectivity index (χ2v) is 6.89. The van der Waals surface area contributed by atoms with Gasteiger partial charge < -0.3 is 4.57 Å². The molecule has 28 heavy (non-hydrogen) atoms. The Morgan fingerprint density at radius 1 is 1.04 bits per heavy atom. The first-order valence-electron chi connectivity index (χ1n) is 9.20. The van der Waals surface area contributed by atoms with Crippen LogP contribution in [0.5, 0.6) is 0 Å². The Hall–Kier alpha value is -3.42. The molecule has 4 rings (SSSR count). The van der Waals surface area contributed by atoms with Crippen molar-refractivity contribution in [3.63, 3.8) is 0 Å². The van der Waals surface area contributed by atoms with Crippen molar-refractivity contribution in [1.29, 1.82) is 0 Å². The van der Waals surface area contributed by atoms with E-state index in [1.54, 1.807) is 11.7 Å². The van der Waals surface area contributed by atoms with Crippen LogP contribution in [0.15, 0.2) is 46.0 Å². The third kappa shape index (κ3) is 2.69. The maximum Gasteiger partial charge on any atom is 0.332 e. The van der Waals surface area contributed by atoms with Crippen LogP contribution in [0.25, 0.3) is 17.1 Å². The van der Waals surface area contributed by atoms with E-state index in [2.05, 4.69) is 10.1 Å². The minimum Gasteiger partial charge on any atom is -0.303 e. The first kappa shape index (κ1) is 18.0. The number of hydrogen-bond donors (Lipinski definition) is 0. The van der Waals surface area contributed by atoms with Crippen LogP contribution in [0.1, 0.15) is 23.9 Å². The molecule has 0 aliphatic carbocycles. The molecule has 0 aliphatic heterocycles. The molecular weight excluding hydrogens is 356 g/mol. The number of fused-ring (bicyclic) bond motifs is 1. The van der Waals surface area contributed by atoms with E-state index >= 15 is 0 Å². The molecule has 0 saturated heterocycles. The van der Waals surface area contributed by atoms with Crippen LogP contribution in [0.4, 0.5) is 0 Å². The van der Waals surface area contributed by atoms with Crippen LogP contribution in [-0.4, -0.2) is 28.5 Å². The maximum atomic E-state index is 13.3. The van der Waals surface area contributed by atoms with Crippen LogP contribution in [0, 0.1) is 13.8 Å². The number of nitrogens with zero attached hydrogens (tertiary/aromatic N) is 6. The third-order valence-electron chi connectivity index (χ3n) is 4.91. The summed E-state index contributed by atoms with van der Waals surface area (Å²) in [5, 5.41) is 4.49. The van der Waals surface area contributed by atoms with E-state index in [1.165, 1.54) is 9.13 Å². The Balaban J connectivity index is 2.02. The minimum absolute atomic E-state index is 0.215. The molecule has 0 bridgehead atoms. The summed E-state index contributed by atoms with van der Waals surface area (Å²) in [4.78, 5) is 30.8. The smallest absolute Gasteiger partial charge is 0.303 e. The normalized spacial score (nSPS) is 11.4. The predicted octanol–water partition coefficient (Wildman–Crippen LogP) is 1.77. The molecule has 8 nitrogen and oxygen atoms in total. The number of aryl methyl sites for hydroxylation is 4. The second kappa shape index (κ2) is 6.63. The third-order valence-corrected chi connectivity index (χ3v) is 4.91. The molecule has 8 heteroatoms. The summed E-state index contributed by atoms with van der Waals surface area (Å²) in [5.74, 6) is 0.535. The summed E-state index contributed by atoms with van der Waals surface area (Å²) in [7, 11) is 1.64. The monoisotopic (exact) mass is 378 g/mol. The van der Waals surface area contributed by atoms with E-state index in [0.717, 1.165) is 17.0 Å². The van der Waals surface area contributed by atoms with Gasteiger partial charge in [-0.3, -0.25) is 13.9 Å². The number of benzene rings is 1. The average Bonchev–Trinajstić information content (AvgIpc) is 3.23. The summed E-state index contributed by atoms with van der Waals surface area (Å²) in [5.41, 5.74) is 2.71. The van der Waals surface area contributed by atoms with E-state index in [1.807, 2.05) is 61.7 Å². The highest BCUT2D eigenvalue weighted by Crippen LogP contribution is 2.17. The molecule has 0 amide bonds. The Labute approximate surface area is 161 Å². The molecule has 3 aromatic heterocycles. The lowest BCUT2D eigenvalue weighted by Gasteiger charge is -2.10. The highest BCUT2D eigenvalue weighted by Gasteiger charge is 2.21. The summed E-state index contributed by atoms with van der Waals surface area (Å²) in [6, 6.07) is 11.4. The molecule has 4 aromatic rings. The fraction of sp³-hybridized carbons (Fsp3) is 0.300. The van der Waals surface area contributed by atoms with Crippen molar-refractivity contribution in [2.45, 2.75) is 33.9 Å². The first-order valence-corrected chi connectivity index (χ1v) is 9.20. The van der Waals surface area contributed by atoms with Gasteiger partial charge in [-0.25, -0.2) is 9.48 Å². The number of aromatic nitrogens is 6. The molecule has 0 fully saturated rings. The average molecular weight is 378 g/mol. The van der Waals surface area contributed by atoms with Gasteiger partial charge >= 0.3 is 5.69 Å². The molecule has 1 aromatic carbocycles. The van der Waals surface area contributed by atoms with Gasteiger partial charge in [0.05, 0.1) is 12.2 Å². The van der Waals surface area contributed by atoms with Crippen molar-refractivity contribution in [2.24, 2.45) is 7.05 Å².